The summed E-state index contributed by atoms with van der Waals surface area (Å²) in [5.41, 5.74) is 2.34. The van der Waals surface area contributed by atoms with Gasteiger partial charge in [0.05, 0.1) is 12.8 Å². The van der Waals surface area contributed by atoms with Crippen LogP contribution >= 0.6 is 0 Å². The molecule has 1 fully saturated rings. The molecule has 0 aliphatic carbocycles. The Morgan fingerprint density at radius 1 is 1.27 bits per heavy atom. The standard InChI is InChI=1S/C23H24N4O3/c1-2-23(28)26-12-5-7-17(26)11-13-29-22-10-9-21-24-15-18(27(21)25-22)20-14-16-6-3-4-8-19(16)30-20/h3-4,6,8-10,14-15,17H,2,5,7,11-13H2,1H3. The maximum atomic E-state index is 12.1. The van der Waals surface area contributed by atoms with Gasteiger partial charge in [0, 0.05) is 36.9 Å². The van der Waals surface area contributed by atoms with Crippen molar-refractivity contribution < 1.29 is 13.9 Å². The number of carbonyl (C=O) groups is 1. The van der Waals surface area contributed by atoms with Gasteiger partial charge in [0.15, 0.2) is 11.4 Å². The molecule has 30 heavy (non-hydrogen) atoms. The summed E-state index contributed by atoms with van der Waals surface area (Å²) in [5, 5.41) is 5.65. The Kier molecular flexibility index (Phi) is 4.86. The van der Waals surface area contributed by atoms with Gasteiger partial charge in [-0.05, 0) is 31.0 Å². The fraction of sp³-hybridized carbons (Fsp3) is 0.348. The van der Waals surface area contributed by atoms with Crippen LogP contribution in [-0.4, -0.2) is 44.6 Å². The van der Waals surface area contributed by atoms with Crippen LogP contribution in [0.3, 0.4) is 0 Å². The van der Waals surface area contributed by atoms with Gasteiger partial charge in [-0.1, -0.05) is 25.1 Å². The van der Waals surface area contributed by atoms with Gasteiger partial charge in [-0.3, -0.25) is 4.79 Å². The van der Waals surface area contributed by atoms with E-state index in [-0.39, 0.29) is 11.9 Å². The van der Waals surface area contributed by atoms with Gasteiger partial charge in [-0.25, -0.2) is 9.50 Å². The lowest BCUT2D eigenvalue weighted by Gasteiger charge is -2.24. The molecular weight excluding hydrogens is 380 g/mol. The third kappa shape index (κ3) is 3.40. The molecule has 0 saturated carbocycles. The molecule has 7 nitrogen and oxygen atoms in total. The second-order valence-electron chi connectivity index (χ2n) is 7.61. The molecule has 1 atom stereocenters. The predicted octanol–water partition coefficient (Wildman–Crippen LogP) is 4.31. The number of imidazole rings is 1. The predicted molar refractivity (Wildman–Crippen MR) is 113 cm³/mol. The fourth-order valence-electron chi connectivity index (χ4n) is 4.18. The Bertz CT molecular complexity index is 1160. The van der Waals surface area contributed by atoms with Crippen LogP contribution in [0.25, 0.3) is 28.1 Å². The van der Waals surface area contributed by atoms with Crippen LogP contribution in [0.2, 0.25) is 0 Å². The van der Waals surface area contributed by atoms with Gasteiger partial charge in [0.2, 0.25) is 11.8 Å². The molecule has 4 heterocycles. The van der Waals surface area contributed by atoms with Gasteiger partial charge in [-0.2, -0.15) is 0 Å². The van der Waals surface area contributed by atoms with Gasteiger partial charge in [0.25, 0.3) is 0 Å². The van der Waals surface area contributed by atoms with Crippen LogP contribution in [-0.2, 0) is 4.79 Å². The number of hydrogen-bond acceptors (Lipinski definition) is 5. The van der Waals surface area contributed by atoms with Crippen LogP contribution in [0.4, 0.5) is 0 Å². The molecule has 1 saturated heterocycles. The van der Waals surface area contributed by atoms with E-state index >= 15 is 0 Å². The molecular formula is C23H24N4O3. The van der Waals surface area contributed by atoms with Crippen molar-refractivity contribution in [3.8, 4) is 17.3 Å². The molecule has 1 unspecified atom stereocenters. The number of carbonyl (C=O) groups excluding carboxylic acids is 1. The average molecular weight is 404 g/mol. The first-order valence-electron chi connectivity index (χ1n) is 10.5. The zero-order valence-corrected chi connectivity index (χ0v) is 17.0. The first-order chi connectivity index (χ1) is 14.7. The molecule has 5 rings (SSSR count). The Hall–Kier alpha value is -3.35. The normalized spacial score (nSPS) is 16.6. The number of aromatic nitrogens is 3. The number of rotatable bonds is 6. The van der Waals surface area contributed by atoms with Crippen molar-refractivity contribution in [1.82, 2.24) is 19.5 Å². The number of para-hydroxylation sites is 1. The summed E-state index contributed by atoms with van der Waals surface area (Å²) in [6, 6.07) is 13.9. The molecule has 0 spiro atoms. The van der Waals surface area contributed by atoms with Gasteiger partial charge in [-0.15, -0.1) is 5.10 Å². The molecule has 0 N–H and O–H groups in total. The number of fused-ring (bicyclic) bond motifs is 2. The summed E-state index contributed by atoms with van der Waals surface area (Å²) < 4.78 is 13.6. The average Bonchev–Trinajstić information content (AvgIpc) is 3.50. The summed E-state index contributed by atoms with van der Waals surface area (Å²) in [5.74, 6) is 1.48. The van der Waals surface area contributed by atoms with E-state index in [1.165, 1.54) is 0 Å². The highest BCUT2D eigenvalue weighted by molar-refractivity contribution is 5.82. The minimum absolute atomic E-state index is 0.228. The molecule has 3 aromatic heterocycles. The Morgan fingerprint density at radius 3 is 3.03 bits per heavy atom. The van der Waals surface area contributed by atoms with E-state index in [1.54, 1.807) is 10.7 Å². The molecule has 0 radical (unpaired) electrons. The second kappa shape index (κ2) is 7.82. The highest BCUT2D eigenvalue weighted by Gasteiger charge is 2.27. The highest BCUT2D eigenvalue weighted by Crippen LogP contribution is 2.28. The van der Waals surface area contributed by atoms with E-state index in [4.69, 9.17) is 9.15 Å². The molecule has 1 aliphatic heterocycles. The van der Waals surface area contributed by atoms with E-state index in [1.807, 2.05) is 54.3 Å². The maximum Gasteiger partial charge on any atom is 0.231 e. The van der Waals surface area contributed by atoms with Crippen LogP contribution < -0.4 is 4.74 Å². The zero-order valence-electron chi connectivity index (χ0n) is 17.0. The van der Waals surface area contributed by atoms with Crippen LogP contribution in [0, 0.1) is 0 Å². The zero-order chi connectivity index (χ0) is 20.5. The SMILES string of the molecule is CCC(=O)N1CCCC1CCOc1ccc2ncc(-c3cc4ccccc4o3)n2n1. The quantitative estimate of drug-likeness (QED) is 0.479. The Morgan fingerprint density at radius 2 is 2.17 bits per heavy atom. The summed E-state index contributed by atoms with van der Waals surface area (Å²) in [4.78, 5) is 18.5. The molecule has 4 aromatic rings. The summed E-state index contributed by atoms with van der Waals surface area (Å²) in [6.07, 6.45) is 5.24. The molecule has 7 heteroatoms. The molecule has 154 valence electrons. The lowest BCUT2D eigenvalue weighted by atomic mass is 10.1. The van der Waals surface area contributed by atoms with E-state index in [0.29, 0.717) is 24.7 Å². The minimum atomic E-state index is 0.228. The van der Waals surface area contributed by atoms with Gasteiger partial charge in [0.1, 0.15) is 11.3 Å². The third-order valence-corrected chi connectivity index (χ3v) is 5.72. The monoisotopic (exact) mass is 404 g/mol. The van der Waals surface area contributed by atoms with E-state index in [2.05, 4.69) is 10.1 Å². The molecule has 1 aliphatic rings. The van der Waals surface area contributed by atoms with Crippen LogP contribution in [0.5, 0.6) is 5.88 Å². The van der Waals surface area contributed by atoms with Crippen LogP contribution in [0.15, 0.2) is 53.1 Å². The van der Waals surface area contributed by atoms with Crippen molar-refractivity contribution >= 4 is 22.5 Å². The smallest absolute Gasteiger partial charge is 0.231 e. The summed E-state index contributed by atoms with van der Waals surface area (Å²) >= 11 is 0. The molecule has 1 amide bonds. The Labute approximate surface area is 174 Å². The fourth-order valence-corrected chi connectivity index (χ4v) is 4.18. The minimum Gasteiger partial charge on any atom is -0.477 e. The largest absolute Gasteiger partial charge is 0.477 e. The topological polar surface area (TPSA) is 72.9 Å². The van der Waals surface area contributed by atoms with E-state index in [0.717, 1.165) is 48.1 Å². The maximum absolute atomic E-state index is 12.1. The lowest BCUT2D eigenvalue weighted by Crippen LogP contribution is -2.35. The lowest BCUT2D eigenvalue weighted by molar-refractivity contribution is -0.131. The third-order valence-electron chi connectivity index (χ3n) is 5.72. The molecule has 0 bridgehead atoms. The summed E-state index contributed by atoms with van der Waals surface area (Å²) in [6.45, 7) is 3.29. The van der Waals surface area contributed by atoms with Crippen molar-refractivity contribution in [2.45, 2.75) is 38.6 Å². The van der Waals surface area contributed by atoms with Crippen molar-refractivity contribution in [2.75, 3.05) is 13.2 Å². The van der Waals surface area contributed by atoms with Gasteiger partial charge >= 0.3 is 0 Å². The van der Waals surface area contributed by atoms with Crippen molar-refractivity contribution in [3.05, 3.63) is 48.7 Å². The van der Waals surface area contributed by atoms with Crippen LogP contribution in [0.1, 0.15) is 32.6 Å². The van der Waals surface area contributed by atoms with E-state index in [9.17, 15) is 4.79 Å². The number of hydrogen-bond donors (Lipinski definition) is 0. The van der Waals surface area contributed by atoms with Gasteiger partial charge < -0.3 is 14.1 Å². The second-order valence-corrected chi connectivity index (χ2v) is 7.61. The highest BCUT2D eigenvalue weighted by atomic mass is 16.5. The number of benzene rings is 1. The first kappa shape index (κ1) is 18.7. The van der Waals surface area contributed by atoms with E-state index < -0.39 is 0 Å². The number of likely N-dealkylation sites (tertiary alicyclic amines) is 1. The number of ether oxygens (including phenoxy) is 1. The van der Waals surface area contributed by atoms with Crippen molar-refractivity contribution in [2.24, 2.45) is 0 Å². The van der Waals surface area contributed by atoms with Crippen molar-refractivity contribution in [3.63, 3.8) is 0 Å². The summed E-state index contributed by atoms with van der Waals surface area (Å²) in [7, 11) is 0. The number of nitrogens with zero attached hydrogens (tertiary/aromatic N) is 4. The van der Waals surface area contributed by atoms with Crippen molar-refractivity contribution in [1.29, 1.82) is 0 Å². The number of amides is 1. The Balaban J connectivity index is 1.32. The first-order valence-corrected chi connectivity index (χ1v) is 10.5. The molecule has 1 aromatic carbocycles. The number of furan rings is 1.